The highest BCUT2D eigenvalue weighted by Crippen LogP contribution is 2.07. The van der Waals surface area contributed by atoms with Crippen LogP contribution in [0.25, 0.3) is 0 Å². The molecule has 5 heteroatoms. The van der Waals surface area contributed by atoms with Crippen molar-refractivity contribution >= 4 is 11.9 Å². The second-order valence-corrected chi connectivity index (χ2v) is 6.34. The van der Waals surface area contributed by atoms with Crippen LogP contribution in [-0.4, -0.2) is 29.0 Å². The molecule has 5 nitrogen and oxygen atoms in total. The quantitative estimate of drug-likeness (QED) is 0.731. The summed E-state index contributed by atoms with van der Waals surface area (Å²) in [5.41, 5.74) is 2.51. The summed E-state index contributed by atoms with van der Waals surface area (Å²) in [7, 11) is 0. The van der Waals surface area contributed by atoms with Gasteiger partial charge in [-0.05, 0) is 37.3 Å². The first kappa shape index (κ1) is 17.9. The number of carbonyl (C=O) groups excluding carboxylic acids is 1. The van der Waals surface area contributed by atoms with Crippen molar-refractivity contribution in [3.8, 4) is 0 Å². The first-order valence-corrected chi connectivity index (χ1v) is 8.46. The molecule has 1 aromatic carbocycles. The monoisotopic (exact) mass is 326 g/mol. The van der Waals surface area contributed by atoms with E-state index < -0.39 is 0 Å². The fourth-order valence-electron chi connectivity index (χ4n) is 2.29. The summed E-state index contributed by atoms with van der Waals surface area (Å²) >= 11 is 0. The van der Waals surface area contributed by atoms with E-state index in [4.69, 9.17) is 0 Å². The molecular weight excluding hydrogens is 300 g/mol. The van der Waals surface area contributed by atoms with Gasteiger partial charge >= 0.3 is 0 Å². The predicted molar refractivity (Wildman–Crippen MR) is 97.2 cm³/mol. The first-order valence-electron chi connectivity index (χ1n) is 8.46. The van der Waals surface area contributed by atoms with Crippen molar-refractivity contribution in [2.75, 3.05) is 18.4 Å². The van der Waals surface area contributed by atoms with E-state index in [9.17, 15) is 4.79 Å². The number of aryl methyl sites for hydroxylation is 2. The number of nitrogens with zero attached hydrogens (tertiary/aromatic N) is 2. The SMILES string of the molecule is Cc1cc(C(=O)NCC(C)C)nc(NCCCc2ccccc2)n1. The highest BCUT2D eigenvalue weighted by Gasteiger charge is 2.10. The van der Waals surface area contributed by atoms with Crippen LogP contribution >= 0.6 is 0 Å². The van der Waals surface area contributed by atoms with Gasteiger partial charge in [0, 0.05) is 18.8 Å². The van der Waals surface area contributed by atoms with Crippen LogP contribution in [0.4, 0.5) is 5.95 Å². The standard InChI is InChI=1S/C19H26N4O/c1-14(2)13-21-18(24)17-12-15(3)22-19(23-17)20-11-7-10-16-8-5-4-6-9-16/h4-6,8-9,12,14H,7,10-11,13H2,1-3H3,(H,21,24)(H,20,22,23). The highest BCUT2D eigenvalue weighted by molar-refractivity contribution is 5.92. The first-order chi connectivity index (χ1) is 11.5. The molecule has 0 atom stereocenters. The fraction of sp³-hybridized carbons (Fsp3) is 0.421. The van der Waals surface area contributed by atoms with Gasteiger partial charge in [0.25, 0.3) is 5.91 Å². The van der Waals surface area contributed by atoms with Gasteiger partial charge < -0.3 is 10.6 Å². The van der Waals surface area contributed by atoms with E-state index in [0.29, 0.717) is 24.1 Å². The Hall–Kier alpha value is -2.43. The Morgan fingerprint density at radius 1 is 1.17 bits per heavy atom. The largest absolute Gasteiger partial charge is 0.354 e. The van der Waals surface area contributed by atoms with E-state index in [1.54, 1.807) is 6.07 Å². The van der Waals surface area contributed by atoms with Gasteiger partial charge in [-0.1, -0.05) is 44.2 Å². The minimum Gasteiger partial charge on any atom is -0.354 e. The topological polar surface area (TPSA) is 66.9 Å². The van der Waals surface area contributed by atoms with Gasteiger partial charge in [0.1, 0.15) is 5.69 Å². The second kappa shape index (κ2) is 9.01. The molecule has 0 bridgehead atoms. The third-order valence-corrected chi connectivity index (χ3v) is 3.53. The predicted octanol–water partition coefficient (Wildman–Crippen LogP) is 3.22. The van der Waals surface area contributed by atoms with Crippen molar-refractivity contribution in [1.29, 1.82) is 0 Å². The highest BCUT2D eigenvalue weighted by atomic mass is 16.1. The van der Waals surface area contributed by atoms with Crippen molar-refractivity contribution in [2.45, 2.75) is 33.6 Å². The number of carbonyl (C=O) groups is 1. The molecule has 0 spiro atoms. The summed E-state index contributed by atoms with van der Waals surface area (Å²) in [6, 6.07) is 12.1. The Labute approximate surface area is 143 Å². The number of anilines is 1. The summed E-state index contributed by atoms with van der Waals surface area (Å²) < 4.78 is 0. The van der Waals surface area contributed by atoms with Crippen molar-refractivity contribution in [3.63, 3.8) is 0 Å². The molecule has 1 heterocycles. The Morgan fingerprint density at radius 3 is 2.62 bits per heavy atom. The van der Waals surface area contributed by atoms with Crippen molar-refractivity contribution in [1.82, 2.24) is 15.3 Å². The average Bonchev–Trinajstić information content (AvgIpc) is 2.57. The van der Waals surface area contributed by atoms with Crippen LogP contribution in [0.5, 0.6) is 0 Å². The molecule has 1 aromatic heterocycles. The lowest BCUT2D eigenvalue weighted by Crippen LogP contribution is -2.28. The van der Waals surface area contributed by atoms with Crippen LogP contribution < -0.4 is 10.6 Å². The van der Waals surface area contributed by atoms with Gasteiger partial charge in [0.15, 0.2) is 0 Å². The van der Waals surface area contributed by atoms with Crippen LogP contribution in [0.3, 0.4) is 0 Å². The van der Waals surface area contributed by atoms with E-state index in [1.807, 2.05) is 13.0 Å². The molecule has 0 fully saturated rings. The van der Waals surface area contributed by atoms with Crippen LogP contribution in [0, 0.1) is 12.8 Å². The molecule has 0 saturated carbocycles. The molecule has 2 rings (SSSR count). The summed E-state index contributed by atoms with van der Waals surface area (Å²) in [4.78, 5) is 20.8. The maximum Gasteiger partial charge on any atom is 0.270 e. The number of aromatic nitrogens is 2. The zero-order valence-electron chi connectivity index (χ0n) is 14.7. The molecule has 0 aliphatic rings. The summed E-state index contributed by atoms with van der Waals surface area (Å²) in [5, 5.41) is 6.10. The van der Waals surface area contributed by atoms with Gasteiger partial charge in [0.2, 0.25) is 5.95 Å². The number of benzene rings is 1. The lowest BCUT2D eigenvalue weighted by molar-refractivity contribution is 0.0944. The Bertz CT molecular complexity index is 656. The molecule has 24 heavy (non-hydrogen) atoms. The maximum atomic E-state index is 12.1. The lowest BCUT2D eigenvalue weighted by atomic mass is 10.1. The zero-order chi connectivity index (χ0) is 17.4. The zero-order valence-corrected chi connectivity index (χ0v) is 14.7. The summed E-state index contributed by atoms with van der Waals surface area (Å²) in [5.74, 6) is 0.770. The van der Waals surface area contributed by atoms with Gasteiger partial charge in [0.05, 0.1) is 0 Å². The van der Waals surface area contributed by atoms with Crippen LogP contribution in [0.15, 0.2) is 36.4 Å². The molecule has 0 aliphatic carbocycles. The molecular formula is C19H26N4O. The van der Waals surface area contributed by atoms with Gasteiger partial charge in [-0.3, -0.25) is 4.79 Å². The lowest BCUT2D eigenvalue weighted by Gasteiger charge is -2.10. The fourth-order valence-corrected chi connectivity index (χ4v) is 2.29. The van der Waals surface area contributed by atoms with Gasteiger partial charge in [-0.15, -0.1) is 0 Å². The molecule has 0 radical (unpaired) electrons. The van der Waals surface area contributed by atoms with Crippen LogP contribution in [0.1, 0.15) is 42.0 Å². The Morgan fingerprint density at radius 2 is 1.92 bits per heavy atom. The molecule has 128 valence electrons. The van der Waals surface area contributed by atoms with E-state index in [1.165, 1.54) is 5.56 Å². The molecule has 0 aliphatic heterocycles. The molecule has 1 amide bonds. The molecule has 0 unspecified atom stereocenters. The molecule has 2 aromatic rings. The van der Waals surface area contributed by atoms with Crippen molar-refractivity contribution in [3.05, 3.63) is 53.3 Å². The van der Waals surface area contributed by atoms with E-state index >= 15 is 0 Å². The Balaban J connectivity index is 1.87. The molecule has 0 saturated heterocycles. The summed E-state index contributed by atoms with van der Waals surface area (Å²) in [6.45, 7) is 7.40. The van der Waals surface area contributed by atoms with Crippen LogP contribution in [-0.2, 0) is 6.42 Å². The Kier molecular flexibility index (Phi) is 6.73. The van der Waals surface area contributed by atoms with Crippen molar-refractivity contribution < 1.29 is 4.79 Å². The number of amides is 1. The van der Waals surface area contributed by atoms with Gasteiger partial charge in [-0.25, -0.2) is 9.97 Å². The van der Waals surface area contributed by atoms with Gasteiger partial charge in [-0.2, -0.15) is 0 Å². The van der Waals surface area contributed by atoms with Crippen molar-refractivity contribution in [2.24, 2.45) is 5.92 Å². The second-order valence-electron chi connectivity index (χ2n) is 6.34. The van der Waals surface area contributed by atoms with E-state index in [2.05, 4.69) is 58.7 Å². The number of hydrogen-bond acceptors (Lipinski definition) is 4. The third kappa shape index (κ3) is 5.99. The maximum absolute atomic E-state index is 12.1. The number of rotatable bonds is 8. The molecule has 2 N–H and O–H groups in total. The minimum absolute atomic E-state index is 0.151. The van der Waals surface area contributed by atoms with Crippen LogP contribution in [0.2, 0.25) is 0 Å². The summed E-state index contributed by atoms with van der Waals surface area (Å²) in [6.07, 6.45) is 1.98. The normalized spacial score (nSPS) is 10.7. The number of nitrogens with one attached hydrogen (secondary N) is 2. The van der Waals surface area contributed by atoms with E-state index in [-0.39, 0.29) is 5.91 Å². The smallest absolute Gasteiger partial charge is 0.270 e. The number of hydrogen-bond donors (Lipinski definition) is 2. The minimum atomic E-state index is -0.151. The van der Waals surface area contributed by atoms with E-state index in [0.717, 1.165) is 25.1 Å². The third-order valence-electron chi connectivity index (χ3n) is 3.53. The average molecular weight is 326 g/mol.